The van der Waals surface area contributed by atoms with Crippen LogP contribution in [0.5, 0.6) is 0 Å². The Kier molecular flexibility index (Phi) is 4.65. The third kappa shape index (κ3) is 3.82. The average molecular weight is 226 g/mol. The Morgan fingerprint density at radius 2 is 2.31 bits per heavy atom. The van der Waals surface area contributed by atoms with E-state index in [1.807, 2.05) is 0 Å². The van der Waals surface area contributed by atoms with E-state index in [1.54, 1.807) is 7.11 Å². The van der Waals surface area contributed by atoms with Crippen LogP contribution in [0.3, 0.4) is 0 Å². The molecule has 0 fully saturated rings. The number of methoxy groups -OCH3 is 1. The molecular weight excluding hydrogens is 212 g/mol. The highest BCUT2D eigenvalue weighted by molar-refractivity contribution is 5.67. The maximum absolute atomic E-state index is 11.5. The van der Waals surface area contributed by atoms with Crippen LogP contribution in [-0.2, 0) is 22.4 Å². The number of nitrogens with one attached hydrogen (secondary N) is 1. The zero-order chi connectivity index (χ0) is 12.0. The molecule has 16 heavy (non-hydrogen) atoms. The van der Waals surface area contributed by atoms with Crippen molar-refractivity contribution < 1.29 is 14.6 Å². The van der Waals surface area contributed by atoms with Crippen molar-refractivity contribution >= 4 is 5.97 Å². The fourth-order valence-corrected chi connectivity index (χ4v) is 1.20. The summed E-state index contributed by atoms with van der Waals surface area (Å²) in [6.07, 6.45) is 2.09. The second-order valence-electron chi connectivity index (χ2n) is 3.32. The number of rotatable bonds is 6. The first kappa shape index (κ1) is 12.4. The molecule has 2 N–H and O–H groups in total. The highest BCUT2D eigenvalue weighted by Gasteiger charge is 2.05. The van der Waals surface area contributed by atoms with Crippen molar-refractivity contribution in [3.63, 3.8) is 0 Å². The summed E-state index contributed by atoms with van der Waals surface area (Å²) < 4.78 is 4.86. The first-order chi connectivity index (χ1) is 7.63. The van der Waals surface area contributed by atoms with Crippen LogP contribution in [0.2, 0.25) is 0 Å². The summed E-state index contributed by atoms with van der Waals surface area (Å²) in [5.74, 6) is -0.381. The summed E-state index contributed by atoms with van der Waals surface area (Å²) in [6, 6.07) is 0. The number of hydrogen-bond acceptors (Lipinski definition) is 4. The van der Waals surface area contributed by atoms with Crippen LogP contribution >= 0.6 is 0 Å². The molecule has 1 rings (SSSR count). The van der Waals surface area contributed by atoms with Crippen molar-refractivity contribution in [3.8, 4) is 0 Å². The van der Waals surface area contributed by atoms with Gasteiger partial charge >= 0.3 is 5.97 Å². The van der Waals surface area contributed by atoms with Gasteiger partial charge in [0, 0.05) is 31.7 Å². The maximum atomic E-state index is 11.5. The van der Waals surface area contributed by atoms with Crippen molar-refractivity contribution in [1.29, 1.82) is 0 Å². The summed E-state index contributed by atoms with van der Waals surface area (Å²) in [4.78, 5) is 28.5. The molecular formula is C10H14N2O4. The van der Waals surface area contributed by atoms with E-state index in [0.29, 0.717) is 24.4 Å². The molecule has 0 aliphatic carbocycles. The summed E-state index contributed by atoms with van der Waals surface area (Å²) in [5.41, 5.74) is 0.117. The second kappa shape index (κ2) is 6.02. The number of aromatic amines is 1. The Bertz CT molecular complexity index is 414. The normalized spacial score (nSPS) is 10.3. The Morgan fingerprint density at radius 1 is 1.56 bits per heavy atom. The topological polar surface area (TPSA) is 92.3 Å². The number of carboxylic acid groups (broad SMARTS) is 1. The van der Waals surface area contributed by atoms with Crippen molar-refractivity contribution in [2.75, 3.05) is 13.7 Å². The van der Waals surface area contributed by atoms with Gasteiger partial charge in [-0.05, 0) is 6.42 Å². The minimum Gasteiger partial charge on any atom is -0.481 e. The van der Waals surface area contributed by atoms with Gasteiger partial charge in [-0.1, -0.05) is 0 Å². The lowest BCUT2D eigenvalue weighted by molar-refractivity contribution is -0.136. The van der Waals surface area contributed by atoms with E-state index in [0.717, 1.165) is 0 Å². The van der Waals surface area contributed by atoms with Gasteiger partial charge in [-0.3, -0.25) is 9.59 Å². The fourth-order valence-electron chi connectivity index (χ4n) is 1.20. The molecule has 1 aromatic rings. The van der Waals surface area contributed by atoms with Crippen LogP contribution in [0.1, 0.15) is 17.8 Å². The predicted octanol–water partition coefficient (Wildman–Crippen LogP) is -0.0240. The molecule has 0 unspecified atom stereocenters. The molecule has 1 heterocycles. The molecule has 0 amide bonds. The van der Waals surface area contributed by atoms with E-state index in [-0.39, 0.29) is 18.4 Å². The largest absolute Gasteiger partial charge is 0.481 e. The zero-order valence-electron chi connectivity index (χ0n) is 9.02. The van der Waals surface area contributed by atoms with Crippen LogP contribution in [0.4, 0.5) is 0 Å². The number of aryl methyl sites for hydroxylation is 1. The van der Waals surface area contributed by atoms with Gasteiger partial charge in [-0.2, -0.15) is 0 Å². The fraction of sp³-hybridized carbons (Fsp3) is 0.500. The first-order valence-electron chi connectivity index (χ1n) is 4.91. The van der Waals surface area contributed by atoms with Crippen molar-refractivity contribution in [2.45, 2.75) is 19.3 Å². The third-order valence-corrected chi connectivity index (χ3v) is 2.08. The zero-order valence-corrected chi connectivity index (χ0v) is 9.02. The highest BCUT2D eigenvalue weighted by atomic mass is 16.5. The number of H-pyrrole nitrogens is 1. The van der Waals surface area contributed by atoms with E-state index >= 15 is 0 Å². The van der Waals surface area contributed by atoms with E-state index in [2.05, 4.69) is 9.97 Å². The number of carboxylic acids is 1. The van der Waals surface area contributed by atoms with Gasteiger partial charge in [0.25, 0.3) is 5.56 Å². The quantitative estimate of drug-likeness (QED) is 0.711. The molecule has 6 heteroatoms. The van der Waals surface area contributed by atoms with Gasteiger partial charge in [-0.25, -0.2) is 4.98 Å². The average Bonchev–Trinajstić information content (AvgIpc) is 2.24. The van der Waals surface area contributed by atoms with E-state index in [1.165, 1.54) is 6.20 Å². The SMILES string of the molecule is COCCc1ncc(CCC(=O)O)c(=O)[nH]1. The van der Waals surface area contributed by atoms with Gasteiger partial charge in [-0.15, -0.1) is 0 Å². The van der Waals surface area contributed by atoms with Gasteiger partial charge in [0.15, 0.2) is 0 Å². The Hall–Kier alpha value is -1.69. The lowest BCUT2D eigenvalue weighted by Crippen LogP contribution is -2.18. The minimum atomic E-state index is -0.928. The van der Waals surface area contributed by atoms with Crippen LogP contribution < -0.4 is 5.56 Å². The number of carbonyl (C=O) groups is 1. The number of aliphatic carboxylic acids is 1. The molecule has 88 valence electrons. The van der Waals surface area contributed by atoms with Crippen molar-refractivity contribution in [2.24, 2.45) is 0 Å². The number of ether oxygens (including phenoxy) is 1. The number of nitrogens with zero attached hydrogens (tertiary/aromatic N) is 1. The smallest absolute Gasteiger partial charge is 0.303 e. The van der Waals surface area contributed by atoms with E-state index in [4.69, 9.17) is 9.84 Å². The Balaban J connectivity index is 2.67. The monoisotopic (exact) mass is 226 g/mol. The van der Waals surface area contributed by atoms with Crippen molar-refractivity contribution in [3.05, 3.63) is 27.9 Å². The molecule has 0 aliphatic heterocycles. The van der Waals surface area contributed by atoms with Crippen LogP contribution in [0, 0.1) is 0 Å². The minimum absolute atomic E-state index is 0.0673. The molecule has 0 aromatic carbocycles. The first-order valence-corrected chi connectivity index (χ1v) is 4.91. The molecule has 0 saturated carbocycles. The van der Waals surface area contributed by atoms with Crippen LogP contribution in [-0.4, -0.2) is 34.8 Å². The molecule has 0 atom stereocenters. The summed E-state index contributed by atoms with van der Waals surface area (Å²) in [7, 11) is 1.57. The molecule has 0 saturated heterocycles. The van der Waals surface area contributed by atoms with Gasteiger partial charge in [0.1, 0.15) is 5.82 Å². The number of aromatic nitrogens is 2. The van der Waals surface area contributed by atoms with Crippen LogP contribution in [0.25, 0.3) is 0 Å². The molecule has 1 aromatic heterocycles. The highest BCUT2D eigenvalue weighted by Crippen LogP contribution is 1.96. The second-order valence-corrected chi connectivity index (χ2v) is 3.32. The molecule has 0 radical (unpaired) electrons. The maximum Gasteiger partial charge on any atom is 0.303 e. The van der Waals surface area contributed by atoms with E-state index < -0.39 is 5.97 Å². The molecule has 0 aliphatic rings. The standard InChI is InChI=1S/C10H14N2O4/c1-16-5-4-8-11-6-7(10(15)12-8)2-3-9(13)14/h6H,2-5H2,1H3,(H,13,14)(H,11,12,15). The van der Waals surface area contributed by atoms with Crippen LogP contribution in [0.15, 0.2) is 11.0 Å². The number of hydrogen-bond donors (Lipinski definition) is 2. The molecule has 0 spiro atoms. The van der Waals surface area contributed by atoms with Gasteiger partial charge in [0.2, 0.25) is 0 Å². The van der Waals surface area contributed by atoms with E-state index in [9.17, 15) is 9.59 Å². The summed E-state index contributed by atoms with van der Waals surface area (Å²) in [5, 5.41) is 8.49. The van der Waals surface area contributed by atoms with Gasteiger partial charge in [0.05, 0.1) is 6.61 Å². The summed E-state index contributed by atoms with van der Waals surface area (Å²) in [6.45, 7) is 0.484. The lowest BCUT2D eigenvalue weighted by atomic mass is 10.2. The molecule has 6 nitrogen and oxygen atoms in total. The summed E-state index contributed by atoms with van der Waals surface area (Å²) >= 11 is 0. The third-order valence-electron chi connectivity index (χ3n) is 2.08. The lowest BCUT2D eigenvalue weighted by Gasteiger charge is -2.01. The predicted molar refractivity (Wildman–Crippen MR) is 56.4 cm³/mol. The Morgan fingerprint density at radius 3 is 2.88 bits per heavy atom. The van der Waals surface area contributed by atoms with Gasteiger partial charge < -0.3 is 14.8 Å². The molecule has 0 bridgehead atoms. The van der Waals surface area contributed by atoms with Crippen molar-refractivity contribution in [1.82, 2.24) is 9.97 Å². The Labute approximate surface area is 92.3 Å².